The van der Waals surface area contributed by atoms with Crippen molar-refractivity contribution in [1.29, 1.82) is 0 Å². The van der Waals surface area contributed by atoms with E-state index in [-0.39, 0.29) is 6.54 Å². The molecule has 1 aromatic heterocycles. The van der Waals surface area contributed by atoms with Crippen molar-refractivity contribution in [3.05, 3.63) is 65.6 Å². The number of fused-ring (bicyclic) bond motifs is 1. The molecule has 0 radical (unpaired) electrons. The first-order valence-electron chi connectivity index (χ1n) is 6.08. The Morgan fingerprint density at radius 3 is 2.42 bits per heavy atom. The van der Waals surface area contributed by atoms with Gasteiger partial charge in [-0.05, 0) is 17.1 Å². The maximum absolute atomic E-state index is 12.4. The molecular weight excluding hydrogens is 238 g/mol. The van der Waals surface area contributed by atoms with Gasteiger partial charge in [-0.25, -0.2) is 4.73 Å². The van der Waals surface area contributed by atoms with E-state index in [1.54, 1.807) is 0 Å². The number of aromatic nitrogens is 2. The first-order chi connectivity index (χ1) is 9.31. The van der Waals surface area contributed by atoms with Crippen LogP contribution < -0.4 is 10.5 Å². The van der Waals surface area contributed by atoms with Crippen LogP contribution in [0.3, 0.4) is 0 Å². The highest BCUT2D eigenvalue weighted by atomic mass is 16.5. The second-order valence-corrected chi connectivity index (χ2v) is 4.26. The number of benzene rings is 2. The highest BCUT2D eigenvalue weighted by molar-refractivity contribution is 5.90. The minimum absolute atomic E-state index is 0.119. The molecule has 3 aromatic rings. The molecule has 94 valence electrons. The number of hydrogen-bond donors (Lipinski definition) is 1. The first-order valence-corrected chi connectivity index (χ1v) is 6.08. The van der Waals surface area contributed by atoms with Gasteiger partial charge in [-0.3, -0.25) is 0 Å². The summed E-state index contributed by atoms with van der Waals surface area (Å²) in [5, 5.41) is 13.2. The number of para-hydroxylation sites is 1. The fourth-order valence-electron chi connectivity index (χ4n) is 2.19. The summed E-state index contributed by atoms with van der Waals surface area (Å²) < 4.78 is 0.831. The van der Waals surface area contributed by atoms with Crippen LogP contribution in [-0.4, -0.2) is 4.98 Å². The van der Waals surface area contributed by atoms with Crippen molar-refractivity contribution in [2.24, 2.45) is 5.73 Å². The third-order valence-corrected chi connectivity index (χ3v) is 3.08. The summed E-state index contributed by atoms with van der Waals surface area (Å²) in [4.78, 5) is 4.30. The van der Waals surface area contributed by atoms with E-state index >= 15 is 0 Å². The molecule has 19 heavy (non-hydrogen) atoms. The van der Waals surface area contributed by atoms with Crippen LogP contribution >= 0.6 is 0 Å². The normalized spacial score (nSPS) is 10.8. The molecule has 0 saturated carbocycles. The van der Waals surface area contributed by atoms with Crippen molar-refractivity contribution in [2.75, 3.05) is 0 Å². The average Bonchev–Trinajstić information content (AvgIpc) is 2.47. The third kappa shape index (κ3) is 1.92. The smallest absolute Gasteiger partial charge is 0.316 e. The van der Waals surface area contributed by atoms with Gasteiger partial charge < -0.3 is 10.9 Å². The predicted octanol–water partition coefficient (Wildman–Crippen LogP) is 1.99. The second kappa shape index (κ2) is 4.66. The zero-order chi connectivity index (χ0) is 13.2. The van der Waals surface area contributed by atoms with Crippen LogP contribution in [0, 0.1) is 5.21 Å². The molecule has 0 aliphatic heterocycles. The van der Waals surface area contributed by atoms with Crippen molar-refractivity contribution in [3.63, 3.8) is 0 Å². The Bertz CT molecular complexity index is 726. The molecular formula is C15H13N3O. The molecule has 2 N–H and O–H groups in total. The Balaban J connectivity index is 2.41. The quantitative estimate of drug-likeness (QED) is 0.559. The summed E-state index contributed by atoms with van der Waals surface area (Å²) in [6.45, 7) is 0.119. The van der Waals surface area contributed by atoms with Gasteiger partial charge in [0.1, 0.15) is 12.2 Å². The lowest BCUT2D eigenvalue weighted by Crippen LogP contribution is -2.37. The Morgan fingerprint density at radius 1 is 1.00 bits per heavy atom. The van der Waals surface area contributed by atoms with Crippen molar-refractivity contribution in [2.45, 2.75) is 6.54 Å². The highest BCUT2D eigenvalue weighted by Crippen LogP contribution is 2.24. The van der Waals surface area contributed by atoms with Gasteiger partial charge in [0.25, 0.3) is 0 Å². The Kier molecular flexibility index (Phi) is 2.85. The van der Waals surface area contributed by atoms with Crippen molar-refractivity contribution in [3.8, 4) is 11.3 Å². The summed E-state index contributed by atoms with van der Waals surface area (Å²) in [7, 11) is 0. The van der Waals surface area contributed by atoms with E-state index in [1.165, 1.54) is 0 Å². The van der Waals surface area contributed by atoms with E-state index in [2.05, 4.69) is 4.98 Å². The van der Waals surface area contributed by atoms with E-state index in [0.717, 1.165) is 21.2 Å². The van der Waals surface area contributed by atoms with Gasteiger partial charge in [0.15, 0.2) is 5.52 Å². The SMILES string of the molecule is NCc1nc2ccccc2c(-c2ccccc2)[n+]1[O-]. The van der Waals surface area contributed by atoms with E-state index in [4.69, 9.17) is 5.73 Å². The molecule has 0 aliphatic carbocycles. The maximum atomic E-state index is 12.4. The fraction of sp³-hybridized carbons (Fsp3) is 0.0667. The average molecular weight is 251 g/mol. The second-order valence-electron chi connectivity index (χ2n) is 4.26. The fourth-order valence-corrected chi connectivity index (χ4v) is 2.19. The molecule has 0 unspecified atom stereocenters. The molecule has 4 heteroatoms. The van der Waals surface area contributed by atoms with Crippen LogP contribution in [0.5, 0.6) is 0 Å². The summed E-state index contributed by atoms with van der Waals surface area (Å²) in [6.07, 6.45) is 0. The Morgan fingerprint density at radius 2 is 1.68 bits per heavy atom. The molecule has 0 saturated heterocycles. The number of hydrogen-bond acceptors (Lipinski definition) is 3. The van der Waals surface area contributed by atoms with Crippen LogP contribution in [0.1, 0.15) is 5.82 Å². The molecule has 0 fully saturated rings. The zero-order valence-corrected chi connectivity index (χ0v) is 10.3. The lowest BCUT2D eigenvalue weighted by atomic mass is 10.1. The van der Waals surface area contributed by atoms with Gasteiger partial charge in [0.05, 0.1) is 5.39 Å². The topological polar surface area (TPSA) is 65.8 Å². The minimum atomic E-state index is 0.119. The summed E-state index contributed by atoms with van der Waals surface area (Å²) >= 11 is 0. The maximum Gasteiger partial charge on any atom is 0.316 e. The third-order valence-electron chi connectivity index (χ3n) is 3.08. The van der Waals surface area contributed by atoms with E-state index < -0.39 is 0 Å². The summed E-state index contributed by atoms with van der Waals surface area (Å²) in [5.74, 6) is 0.331. The zero-order valence-electron chi connectivity index (χ0n) is 10.3. The minimum Gasteiger partial charge on any atom is -0.710 e. The highest BCUT2D eigenvalue weighted by Gasteiger charge is 2.17. The van der Waals surface area contributed by atoms with Crippen molar-refractivity contribution in [1.82, 2.24) is 4.98 Å². The predicted molar refractivity (Wildman–Crippen MR) is 74.0 cm³/mol. The van der Waals surface area contributed by atoms with Gasteiger partial charge in [0, 0.05) is 5.56 Å². The molecule has 0 spiro atoms. The standard InChI is InChI=1S/C15H13N3O/c16-10-14-17-13-9-5-4-8-12(13)15(18(14)19)11-6-2-1-3-7-11/h1-9H,10,16H2. The van der Waals surface area contributed by atoms with Gasteiger partial charge in [-0.15, -0.1) is 0 Å². The molecule has 0 bridgehead atoms. The molecule has 4 nitrogen and oxygen atoms in total. The van der Waals surface area contributed by atoms with Gasteiger partial charge >= 0.3 is 5.82 Å². The van der Waals surface area contributed by atoms with Gasteiger partial charge in [0.2, 0.25) is 0 Å². The molecule has 3 rings (SSSR count). The lowest BCUT2D eigenvalue weighted by Gasteiger charge is -2.13. The van der Waals surface area contributed by atoms with Crippen LogP contribution in [0.4, 0.5) is 0 Å². The van der Waals surface area contributed by atoms with Crippen LogP contribution in [0.25, 0.3) is 22.2 Å². The molecule has 0 amide bonds. The summed E-state index contributed by atoms with van der Waals surface area (Å²) in [6, 6.07) is 17.2. The van der Waals surface area contributed by atoms with E-state index in [0.29, 0.717) is 11.5 Å². The molecule has 1 heterocycles. The van der Waals surface area contributed by atoms with Crippen molar-refractivity contribution >= 4 is 10.9 Å². The van der Waals surface area contributed by atoms with Crippen LogP contribution in [0.15, 0.2) is 54.6 Å². The Labute approximate surface area is 110 Å². The summed E-state index contributed by atoms with van der Waals surface area (Å²) in [5.41, 5.74) is 7.86. The van der Waals surface area contributed by atoms with Gasteiger partial charge in [-0.2, -0.15) is 0 Å². The number of nitrogens with zero attached hydrogens (tertiary/aromatic N) is 2. The largest absolute Gasteiger partial charge is 0.710 e. The first kappa shape index (κ1) is 11.6. The Hall–Kier alpha value is -2.46. The number of nitrogens with two attached hydrogens (primary N) is 1. The van der Waals surface area contributed by atoms with Gasteiger partial charge in [-0.1, -0.05) is 42.5 Å². The lowest BCUT2D eigenvalue weighted by molar-refractivity contribution is -0.604. The molecule has 2 aromatic carbocycles. The molecule has 0 atom stereocenters. The van der Waals surface area contributed by atoms with Crippen molar-refractivity contribution < 1.29 is 4.73 Å². The van der Waals surface area contributed by atoms with Crippen LogP contribution in [-0.2, 0) is 6.54 Å². The number of rotatable bonds is 2. The van der Waals surface area contributed by atoms with E-state index in [9.17, 15) is 5.21 Å². The van der Waals surface area contributed by atoms with E-state index in [1.807, 2.05) is 54.6 Å². The molecule has 0 aliphatic rings. The monoisotopic (exact) mass is 251 g/mol. The van der Waals surface area contributed by atoms with Crippen LogP contribution in [0.2, 0.25) is 0 Å².